The molecule has 0 radical (unpaired) electrons. The number of nitrogens with zero attached hydrogens (tertiary/aromatic N) is 1. The highest BCUT2D eigenvalue weighted by Gasteiger charge is 2.36. The molecule has 0 unspecified atom stereocenters. The highest BCUT2D eigenvalue weighted by Crippen LogP contribution is 2.31. The molecule has 0 saturated carbocycles. The van der Waals surface area contributed by atoms with Gasteiger partial charge in [-0.1, -0.05) is 12.1 Å². The molecule has 4 heteroatoms. The van der Waals surface area contributed by atoms with Gasteiger partial charge in [0.2, 0.25) is 5.91 Å². The summed E-state index contributed by atoms with van der Waals surface area (Å²) in [5, 5.41) is 0. The number of methoxy groups -OCH3 is 1. The zero-order chi connectivity index (χ0) is 11.7. The molecule has 1 fully saturated rings. The van der Waals surface area contributed by atoms with Crippen LogP contribution in [0.5, 0.6) is 5.75 Å². The Bertz CT molecular complexity index is 406. The molecule has 2 rings (SSSR count). The Morgan fingerprint density at radius 1 is 1.50 bits per heavy atom. The number of amides is 1. The maximum Gasteiger partial charge on any atom is 0.224 e. The normalized spacial score (nSPS) is 24.9. The summed E-state index contributed by atoms with van der Waals surface area (Å²) in [5.74, 6) is 0.887. The maximum atomic E-state index is 11.5. The van der Waals surface area contributed by atoms with Crippen molar-refractivity contribution in [1.82, 2.24) is 4.90 Å². The van der Waals surface area contributed by atoms with Gasteiger partial charge in [-0.3, -0.25) is 4.79 Å². The van der Waals surface area contributed by atoms with E-state index in [2.05, 4.69) is 0 Å². The number of likely N-dealkylation sites (tertiary alicyclic amines) is 1. The highest BCUT2D eigenvalue weighted by molar-refractivity contribution is 5.80. The van der Waals surface area contributed by atoms with E-state index < -0.39 is 0 Å². The minimum absolute atomic E-state index is 0.0393. The molecule has 0 aromatic heterocycles. The van der Waals surface area contributed by atoms with Crippen LogP contribution in [0.4, 0.5) is 0 Å². The van der Waals surface area contributed by atoms with Crippen molar-refractivity contribution in [2.45, 2.75) is 18.5 Å². The summed E-state index contributed by atoms with van der Waals surface area (Å²) in [5.41, 5.74) is 7.01. The number of hydrogen-bond acceptors (Lipinski definition) is 3. The maximum absolute atomic E-state index is 11.5. The highest BCUT2D eigenvalue weighted by atomic mass is 16.5. The van der Waals surface area contributed by atoms with Crippen molar-refractivity contribution in [1.29, 1.82) is 0 Å². The number of benzene rings is 1. The first-order valence-electron chi connectivity index (χ1n) is 5.28. The monoisotopic (exact) mass is 220 g/mol. The molecule has 0 spiro atoms. The van der Waals surface area contributed by atoms with Gasteiger partial charge in [0, 0.05) is 19.5 Å². The van der Waals surface area contributed by atoms with Crippen LogP contribution >= 0.6 is 0 Å². The molecule has 1 amide bonds. The van der Waals surface area contributed by atoms with E-state index in [4.69, 9.17) is 10.5 Å². The number of rotatable bonds is 2. The molecule has 1 saturated heterocycles. The molecule has 0 aliphatic carbocycles. The van der Waals surface area contributed by atoms with Gasteiger partial charge in [0.15, 0.2) is 0 Å². The summed E-state index contributed by atoms with van der Waals surface area (Å²) in [6.45, 7) is 0. The van der Waals surface area contributed by atoms with Crippen LogP contribution in [0.2, 0.25) is 0 Å². The van der Waals surface area contributed by atoms with Crippen molar-refractivity contribution >= 4 is 5.91 Å². The number of hydrogen-bond donors (Lipinski definition) is 1. The summed E-state index contributed by atoms with van der Waals surface area (Å²) >= 11 is 0. The number of ether oxygens (including phenoxy) is 1. The average molecular weight is 220 g/mol. The van der Waals surface area contributed by atoms with Crippen molar-refractivity contribution in [2.75, 3.05) is 14.2 Å². The fourth-order valence-electron chi connectivity index (χ4n) is 2.20. The molecule has 16 heavy (non-hydrogen) atoms. The molecule has 1 aromatic carbocycles. The topological polar surface area (TPSA) is 55.6 Å². The zero-order valence-electron chi connectivity index (χ0n) is 9.51. The Hall–Kier alpha value is -1.55. The summed E-state index contributed by atoms with van der Waals surface area (Å²) in [7, 11) is 3.42. The average Bonchev–Trinajstić information content (AvgIpc) is 2.53. The largest absolute Gasteiger partial charge is 0.497 e. The summed E-state index contributed by atoms with van der Waals surface area (Å²) in [4.78, 5) is 13.2. The summed E-state index contributed by atoms with van der Waals surface area (Å²) in [6, 6.07) is 7.53. The predicted molar refractivity (Wildman–Crippen MR) is 61.1 cm³/mol. The van der Waals surface area contributed by atoms with Gasteiger partial charge in [0.1, 0.15) is 5.75 Å². The molecule has 1 aliphatic rings. The van der Waals surface area contributed by atoms with Crippen LogP contribution in [0.15, 0.2) is 24.3 Å². The minimum atomic E-state index is -0.135. The van der Waals surface area contributed by atoms with Crippen LogP contribution in [0.25, 0.3) is 0 Å². The molecular weight excluding hydrogens is 204 g/mol. The van der Waals surface area contributed by atoms with Crippen molar-refractivity contribution in [3.63, 3.8) is 0 Å². The van der Waals surface area contributed by atoms with E-state index in [1.165, 1.54) is 0 Å². The molecular formula is C12H16N2O2. The lowest BCUT2D eigenvalue weighted by Crippen LogP contribution is -2.30. The van der Waals surface area contributed by atoms with Crippen molar-refractivity contribution < 1.29 is 9.53 Å². The number of carbonyl (C=O) groups excluding carboxylic acids is 1. The minimum Gasteiger partial charge on any atom is -0.497 e. The van der Waals surface area contributed by atoms with E-state index in [0.29, 0.717) is 6.42 Å². The van der Waals surface area contributed by atoms with Gasteiger partial charge in [-0.2, -0.15) is 0 Å². The Morgan fingerprint density at radius 2 is 2.25 bits per heavy atom. The van der Waals surface area contributed by atoms with Crippen molar-refractivity contribution in [2.24, 2.45) is 5.73 Å². The van der Waals surface area contributed by atoms with E-state index in [1.54, 1.807) is 19.1 Å². The fourth-order valence-corrected chi connectivity index (χ4v) is 2.20. The quantitative estimate of drug-likeness (QED) is 0.806. The Labute approximate surface area is 95.0 Å². The van der Waals surface area contributed by atoms with Gasteiger partial charge < -0.3 is 15.4 Å². The van der Waals surface area contributed by atoms with E-state index in [1.807, 2.05) is 24.3 Å². The smallest absolute Gasteiger partial charge is 0.224 e. The first-order chi connectivity index (χ1) is 7.63. The van der Waals surface area contributed by atoms with E-state index in [9.17, 15) is 4.79 Å². The Kier molecular flexibility index (Phi) is 2.83. The number of carbonyl (C=O) groups is 1. The van der Waals surface area contributed by atoms with E-state index in [0.717, 1.165) is 11.3 Å². The van der Waals surface area contributed by atoms with Crippen molar-refractivity contribution in [3.05, 3.63) is 29.8 Å². The van der Waals surface area contributed by atoms with E-state index in [-0.39, 0.29) is 18.0 Å². The molecule has 0 bridgehead atoms. The van der Waals surface area contributed by atoms with Gasteiger partial charge in [-0.05, 0) is 17.7 Å². The fraction of sp³-hybridized carbons (Fsp3) is 0.417. The molecule has 4 nitrogen and oxygen atoms in total. The van der Waals surface area contributed by atoms with Gasteiger partial charge in [0.25, 0.3) is 0 Å². The molecule has 2 N–H and O–H groups in total. The van der Waals surface area contributed by atoms with Gasteiger partial charge in [0.05, 0.1) is 13.2 Å². The van der Waals surface area contributed by atoms with E-state index >= 15 is 0 Å². The van der Waals surface area contributed by atoms with Crippen molar-refractivity contribution in [3.8, 4) is 5.75 Å². The van der Waals surface area contributed by atoms with Crippen LogP contribution in [0, 0.1) is 0 Å². The second-order valence-electron chi connectivity index (χ2n) is 4.09. The molecule has 1 aliphatic heterocycles. The lowest BCUT2D eigenvalue weighted by Gasteiger charge is -2.23. The lowest BCUT2D eigenvalue weighted by atomic mass is 10.0. The third kappa shape index (κ3) is 1.76. The molecule has 1 aromatic rings. The standard InChI is InChI=1S/C12H16N2O2/c1-14-11(15)7-10(13)12(14)8-4-3-5-9(6-8)16-2/h3-6,10,12H,7,13H2,1-2H3/t10-,12+/m0/s1. The van der Waals surface area contributed by atoms with Crippen LogP contribution in [-0.2, 0) is 4.79 Å². The first-order valence-corrected chi connectivity index (χ1v) is 5.28. The van der Waals surface area contributed by atoms with Gasteiger partial charge in [-0.25, -0.2) is 0 Å². The van der Waals surface area contributed by atoms with Crippen LogP contribution < -0.4 is 10.5 Å². The molecule has 1 heterocycles. The third-order valence-corrected chi connectivity index (χ3v) is 3.06. The molecule has 86 valence electrons. The number of nitrogens with two attached hydrogens (primary N) is 1. The summed E-state index contributed by atoms with van der Waals surface area (Å²) < 4.78 is 5.17. The second kappa shape index (κ2) is 4.14. The Balaban J connectivity index is 2.32. The third-order valence-electron chi connectivity index (χ3n) is 3.06. The SMILES string of the molecule is COc1cccc([C@@H]2[C@@H](N)CC(=O)N2C)c1. The molecule has 2 atom stereocenters. The second-order valence-corrected chi connectivity index (χ2v) is 4.09. The predicted octanol–water partition coefficient (Wildman–Crippen LogP) is 0.926. The van der Waals surface area contributed by atoms with Crippen LogP contribution in [0.3, 0.4) is 0 Å². The first kappa shape index (κ1) is 11.0. The Morgan fingerprint density at radius 3 is 2.81 bits per heavy atom. The van der Waals surface area contributed by atoms with Crippen LogP contribution in [0.1, 0.15) is 18.0 Å². The summed E-state index contributed by atoms with van der Waals surface area (Å²) in [6.07, 6.45) is 0.415. The lowest BCUT2D eigenvalue weighted by molar-refractivity contribution is -0.127. The zero-order valence-corrected chi connectivity index (χ0v) is 9.51. The van der Waals surface area contributed by atoms with Crippen LogP contribution in [-0.4, -0.2) is 31.0 Å². The van der Waals surface area contributed by atoms with Gasteiger partial charge in [-0.15, -0.1) is 0 Å². The number of likely N-dealkylation sites (N-methyl/N-ethyl adjacent to an activating group) is 1. The van der Waals surface area contributed by atoms with Gasteiger partial charge >= 0.3 is 0 Å².